The third-order valence-corrected chi connectivity index (χ3v) is 7.18. The Bertz CT molecular complexity index is 1000. The molecule has 3 aromatic rings. The number of nitrogens with one attached hydrogen (secondary N) is 1. The highest BCUT2D eigenvalue weighted by atomic mass is 32.1. The van der Waals surface area contributed by atoms with Gasteiger partial charge in [-0.15, -0.1) is 11.3 Å². The van der Waals surface area contributed by atoms with Gasteiger partial charge in [0.1, 0.15) is 0 Å². The molecule has 0 atom stereocenters. The second-order valence-electron chi connectivity index (χ2n) is 8.10. The summed E-state index contributed by atoms with van der Waals surface area (Å²) in [4.78, 5) is 24.0. The maximum absolute atomic E-state index is 11.0. The molecule has 0 amide bonds. The van der Waals surface area contributed by atoms with Crippen LogP contribution in [0.4, 0.5) is 0 Å². The topological polar surface area (TPSA) is 82.5 Å². The molecular weight excluding hydrogens is 439 g/mol. The van der Waals surface area contributed by atoms with Crippen molar-refractivity contribution in [3.8, 4) is 21.7 Å². The summed E-state index contributed by atoms with van der Waals surface area (Å²) in [5.41, 5.74) is 5.56. The van der Waals surface area contributed by atoms with Crippen molar-refractivity contribution in [3.05, 3.63) is 65.2 Å². The third-order valence-electron chi connectivity index (χ3n) is 5.40. The molecule has 0 saturated carbocycles. The van der Waals surface area contributed by atoms with Crippen LogP contribution >= 0.6 is 18.9 Å². The van der Waals surface area contributed by atoms with Crippen LogP contribution in [0.2, 0.25) is 0 Å². The molecule has 0 aliphatic carbocycles. The number of pyridine rings is 1. The Morgan fingerprint density at radius 2 is 1.81 bits per heavy atom. The van der Waals surface area contributed by atoms with Crippen LogP contribution in [0.1, 0.15) is 50.3 Å². The van der Waals surface area contributed by atoms with Gasteiger partial charge in [0.2, 0.25) is 0 Å². The van der Waals surface area contributed by atoms with E-state index in [0.717, 1.165) is 28.2 Å². The summed E-state index contributed by atoms with van der Waals surface area (Å²) >= 11 is 1.68. The molecule has 0 bridgehead atoms. The summed E-state index contributed by atoms with van der Waals surface area (Å²) in [6.07, 6.45) is 6.56. The molecular formula is C25H33N2O3PS. The summed E-state index contributed by atoms with van der Waals surface area (Å²) in [5, 5.41) is 5.30. The van der Waals surface area contributed by atoms with E-state index in [4.69, 9.17) is 14.8 Å². The predicted molar refractivity (Wildman–Crippen MR) is 134 cm³/mol. The van der Waals surface area contributed by atoms with Gasteiger partial charge in [0.15, 0.2) is 0 Å². The lowest BCUT2D eigenvalue weighted by Gasteiger charge is -2.12. The molecule has 32 heavy (non-hydrogen) atoms. The van der Waals surface area contributed by atoms with Crippen molar-refractivity contribution in [2.45, 2.75) is 52.0 Å². The standard InChI is InChI=1S/C25H33N2O3PS/c1-2-3-4-5-8-20-10-12-21(13-11-20)23-15-14-22(19-26-16-7-17-31(28,29)30)27-25(23)24-9-6-18-32-24/h6,9-15,18,26H,2-5,7-8,16-17,19H2,1H3,(H2,28,29,30). The van der Waals surface area contributed by atoms with Crippen molar-refractivity contribution in [3.63, 3.8) is 0 Å². The summed E-state index contributed by atoms with van der Waals surface area (Å²) < 4.78 is 11.0. The van der Waals surface area contributed by atoms with E-state index < -0.39 is 7.60 Å². The van der Waals surface area contributed by atoms with Crippen molar-refractivity contribution in [2.24, 2.45) is 0 Å². The molecule has 3 rings (SSSR count). The summed E-state index contributed by atoms with van der Waals surface area (Å²) in [6.45, 7) is 3.35. The van der Waals surface area contributed by atoms with E-state index in [2.05, 4.69) is 54.0 Å². The Kier molecular flexibility index (Phi) is 9.64. The molecule has 0 aliphatic heterocycles. The molecule has 0 aliphatic rings. The predicted octanol–water partition coefficient (Wildman–Crippen LogP) is 6.26. The van der Waals surface area contributed by atoms with Crippen LogP contribution in [-0.2, 0) is 17.5 Å². The van der Waals surface area contributed by atoms with Crippen LogP contribution in [-0.4, -0.2) is 27.5 Å². The van der Waals surface area contributed by atoms with E-state index >= 15 is 0 Å². The van der Waals surface area contributed by atoms with Crippen LogP contribution in [0.5, 0.6) is 0 Å². The zero-order valence-corrected chi connectivity index (χ0v) is 20.4. The molecule has 2 heterocycles. The van der Waals surface area contributed by atoms with Gasteiger partial charge in [-0.05, 0) is 54.4 Å². The highest BCUT2D eigenvalue weighted by Crippen LogP contribution is 2.35. The van der Waals surface area contributed by atoms with E-state index in [-0.39, 0.29) is 6.16 Å². The molecule has 5 nitrogen and oxygen atoms in total. The smallest absolute Gasteiger partial charge is 0.324 e. The molecule has 0 unspecified atom stereocenters. The Labute approximate surface area is 195 Å². The summed E-state index contributed by atoms with van der Waals surface area (Å²) in [7, 11) is -3.93. The van der Waals surface area contributed by atoms with E-state index in [9.17, 15) is 4.57 Å². The zero-order chi connectivity index (χ0) is 22.8. The van der Waals surface area contributed by atoms with Gasteiger partial charge >= 0.3 is 7.60 Å². The molecule has 7 heteroatoms. The average molecular weight is 473 g/mol. The van der Waals surface area contributed by atoms with Gasteiger partial charge in [-0.25, -0.2) is 4.98 Å². The lowest BCUT2D eigenvalue weighted by atomic mass is 9.99. The van der Waals surface area contributed by atoms with Gasteiger partial charge < -0.3 is 15.1 Å². The van der Waals surface area contributed by atoms with Crippen LogP contribution in [0, 0.1) is 0 Å². The first-order valence-corrected chi connectivity index (χ1v) is 14.0. The van der Waals surface area contributed by atoms with Gasteiger partial charge in [-0.2, -0.15) is 0 Å². The lowest BCUT2D eigenvalue weighted by molar-refractivity contribution is 0.371. The summed E-state index contributed by atoms with van der Waals surface area (Å²) in [6, 6.07) is 17.2. The fourth-order valence-corrected chi connectivity index (χ4v) is 4.96. The number of thiophene rings is 1. The number of nitrogens with zero attached hydrogens (tertiary/aromatic N) is 1. The monoisotopic (exact) mass is 472 g/mol. The number of rotatable bonds is 13. The van der Waals surface area contributed by atoms with Crippen molar-refractivity contribution < 1.29 is 14.4 Å². The molecule has 0 saturated heterocycles. The molecule has 0 spiro atoms. The first-order chi connectivity index (χ1) is 15.5. The van der Waals surface area contributed by atoms with Crippen molar-refractivity contribution in [2.75, 3.05) is 12.7 Å². The van der Waals surface area contributed by atoms with E-state index in [1.807, 2.05) is 12.1 Å². The average Bonchev–Trinajstić information content (AvgIpc) is 3.31. The van der Waals surface area contributed by atoms with Crippen molar-refractivity contribution in [1.82, 2.24) is 10.3 Å². The van der Waals surface area contributed by atoms with Crippen molar-refractivity contribution >= 4 is 18.9 Å². The first kappa shape index (κ1) is 24.8. The minimum absolute atomic E-state index is 0.0958. The highest BCUT2D eigenvalue weighted by molar-refractivity contribution is 7.51. The number of hydrogen-bond acceptors (Lipinski definition) is 4. The molecule has 0 fully saturated rings. The van der Waals surface area contributed by atoms with E-state index in [1.165, 1.54) is 36.8 Å². The molecule has 172 valence electrons. The minimum atomic E-state index is -3.93. The van der Waals surface area contributed by atoms with Gasteiger partial charge in [-0.3, -0.25) is 4.57 Å². The van der Waals surface area contributed by atoms with E-state index in [1.54, 1.807) is 11.3 Å². The SMILES string of the molecule is CCCCCCc1ccc(-c2ccc(CNCCCP(=O)(O)O)nc2-c2cccs2)cc1. The fraction of sp³-hybridized carbons (Fsp3) is 0.400. The van der Waals surface area contributed by atoms with Gasteiger partial charge in [0.25, 0.3) is 0 Å². The second kappa shape index (κ2) is 12.4. The van der Waals surface area contributed by atoms with Crippen molar-refractivity contribution in [1.29, 1.82) is 0 Å². The normalized spacial score (nSPS) is 11.7. The Morgan fingerprint density at radius 3 is 2.50 bits per heavy atom. The molecule has 1 aromatic carbocycles. The first-order valence-electron chi connectivity index (χ1n) is 11.3. The van der Waals surface area contributed by atoms with Crippen LogP contribution in [0.3, 0.4) is 0 Å². The largest absolute Gasteiger partial charge is 0.325 e. The van der Waals surface area contributed by atoms with E-state index in [0.29, 0.717) is 19.5 Å². The number of hydrogen-bond donors (Lipinski definition) is 3. The number of benzene rings is 1. The number of unbranched alkanes of at least 4 members (excludes halogenated alkanes) is 3. The Hall–Kier alpha value is -1.82. The Balaban J connectivity index is 1.70. The maximum Gasteiger partial charge on any atom is 0.325 e. The molecule has 2 aromatic heterocycles. The minimum Gasteiger partial charge on any atom is -0.324 e. The van der Waals surface area contributed by atoms with Gasteiger partial charge in [0.05, 0.1) is 22.4 Å². The van der Waals surface area contributed by atoms with Gasteiger partial charge in [-0.1, -0.05) is 62.6 Å². The quantitative estimate of drug-likeness (QED) is 0.202. The third kappa shape index (κ3) is 7.95. The molecule has 3 N–H and O–H groups in total. The fourth-order valence-electron chi connectivity index (χ4n) is 3.67. The van der Waals surface area contributed by atoms with Gasteiger partial charge in [0, 0.05) is 12.1 Å². The second-order valence-corrected chi connectivity index (χ2v) is 10.8. The maximum atomic E-state index is 11.0. The van der Waals surface area contributed by atoms with Crippen LogP contribution in [0.15, 0.2) is 53.9 Å². The van der Waals surface area contributed by atoms with Crippen LogP contribution in [0.25, 0.3) is 21.7 Å². The lowest BCUT2D eigenvalue weighted by Crippen LogP contribution is -2.16. The Morgan fingerprint density at radius 1 is 1.00 bits per heavy atom. The summed E-state index contributed by atoms with van der Waals surface area (Å²) in [5.74, 6) is 0. The number of aryl methyl sites for hydroxylation is 1. The van der Waals surface area contributed by atoms with Crippen LogP contribution < -0.4 is 5.32 Å². The number of aromatic nitrogens is 1. The highest BCUT2D eigenvalue weighted by Gasteiger charge is 2.13. The zero-order valence-electron chi connectivity index (χ0n) is 18.7. The molecule has 0 radical (unpaired) electrons.